The molecule has 2 aromatic carbocycles. The van der Waals surface area contributed by atoms with Gasteiger partial charge in [-0.15, -0.1) is 0 Å². The fraction of sp³-hybridized carbons (Fsp3) is 0.115. The number of nitrogens with one attached hydrogen (secondary N) is 2. The van der Waals surface area contributed by atoms with Crippen LogP contribution < -0.4 is 4.72 Å². The number of carbonyl (C=O) groups excluding carboxylic acids is 1. The van der Waals surface area contributed by atoms with Gasteiger partial charge in [0.1, 0.15) is 11.5 Å². The summed E-state index contributed by atoms with van der Waals surface area (Å²) in [6.45, 7) is 1.66. The van der Waals surface area contributed by atoms with Gasteiger partial charge in [0, 0.05) is 40.5 Å². The lowest BCUT2D eigenvalue weighted by atomic mass is 9.99. The number of anilines is 1. The summed E-state index contributed by atoms with van der Waals surface area (Å²) in [6, 6.07) is 13.0. The zero-order valence-corrected chi connectivity index (χ0v) is 19.9. The quantitative estimate of drug-likeness (QED) is 0.286. The van der Waals surface area contributed by atoms with Gasteiger partial charge in [0.15, 0.2) is 5.82 Å². The van der Waals surface area contributed by atoms with Gasteiger partial charge in [-0.3, -0.25) is 14.5 Å². The molecule has 0 spiro atoms. The molecule has 7 nitrogen and oxygen atoms in total. The molecule has 3 aromatic heterocycles. The largest absolute Gasteiger partial charge is 0.345 e. The second kappa shape index (κ2) is 9.12. The minimum Gasteiger partial charge on any atom is -0.345 e. The number of aromatic amines is 1. The zero-order chi connectivity index (χ0) is 25.4. The van der Waals surface area contributed by atoms with Crippen molar-refractivity contribution in [1.29, 1.82) is 0 Å². The molecule has 5 rings (SSSR count). The van der Waals surface area contributed by atoms with Crippen molar-refractivity contribution in [2.24, 2.45) is 0 Å². The van der Waals surface area contributed by atoms with Gasteiger partial charge < -0.3 is 4.98 Å². The maximum absolute atomic E-state index is 15.2. The zero-order valence-electron chi connectivity index (χ0n) is 19.0. The van der Waals surface area contributed by atoms with Crippen molar-refractivity contribution in [3.8, 4) is 11.1 Å². The fourth-order valence-corrected chi connectivity index (χ4v) is 5.19. The van der Waals surface area contributed by atoms with Crippen LogP contribution in [0.15, 0.2) is 67.1 Å². The molecule has 5 aromatic rings. The summed E-state index contributed by atoms with van der Waals surface area (Å²) in [7, 11) is -3.85. The third kappa shape index (κ3) is 4.31. The smallest absolute Gasteiger partial charge is 0.232 e. The number of pyridine rings is 2. The first-order chi connectivity index (χ1) is 17.3. The maximum atomic E-state index is 15.2. The van der Waals surface area contributed by atoms with Crippen molar-refractivity contribution in [3.63, 3.8) is 0 Å². The monoisotopic (exact) mass is 506 g/mol. The molecule has 0 aliphatic heterocycles. The van der Waals surface area contributed by atoms with Crippen LogP contribution in [0.1, 0.15) is 29.3 Å². The van der Waals surface area contributed by atoms with Crippen molar-refractivity contribution in [3.05, 3.63) is 89.9 Å². The molecular formula is C26H20F2N4O3S. The molecule has 0 radical (unpaired) electrons. The average molecular weight is 507 g/mol. The van der Waals surface area contributed by atoms with Gasteiger partial charge in [0.2, 0.25) is 15.8 Å². The Morgan fingerprint density at radius 3 is 2.69 bits per heavy atom. The van der Waals surface area contributed by atoms with Gasteiger partial charge in [0.05, 0.1) is 22.5 Å². The lowest BCUT2D eigenvalue weighted by Gasteiger charge is -2.11. The molecule has 36 heavy (non-hydrogen) atoms. The lowest BCUT2D eigenvalue weighted by molar-refractivity contribution is 0.103. The van der Waals surface area contributed by atoms with Crippen LogP contribution in [0.25, 0.3) is 33.1 Å². The molecule has 0 aliphatic carbocycles. The molecule has 0 saturated heterocycles. The molecular weight excluding hydrogens is 486 g/mol. The van der Waals surface area contributed by atoms with Crippen molar-refractivity contribution in [1.82, 2.24) is 15.0 Å². The number of hydrogen-bond donors (Lipinski definition) is 2. The molecule has 0 bridgehead atoms. The second-order valence-corrected chi connectivity index (χ2v) is 10.1. The Morgan fingerprint density at radius 2 is 1.89 bits per heavy atom. The number of carbonyl (C=O) groups is 1. The molecule has 182 valence electrons. The van der Waals surface area contributed by atoms with E-state index in [1.165, 1.54) is 6.20 Å². The Morgan fingerprint density at radius 1 is 1.06 bits per heavy atom. The molecule has 0 fully saturated rings. The van der Waals surface area contributed by atoms with E-state index in [-0.39, 0.29) is 11.3 Å². The molecule has 0 atom stereocenters. The Labute approximate surface area is 205 Å². The summed E-state index contributed by atoms with van der Waals surface area (Å²) in [5, 5.41) is 1.34. The van der Waals surface area contributed by atoms with Gasteiger partial charge in [-0.2, -0.15) is 0 Å². The number of aromatic nitrogens is 3. The summed E-state index contributed by atoms with van der Waals surface area (Å²) in [5.74, 6) is -3.56. The highest BCUT2D eigenvalue weighted by molar-refractivity contribution is 7.92. The predicted molar refractivity (Wildman–Crippen MR) is 134 cm³/mol. The van der Waals surface area contributed by atoms with Crippen LogP contribution in [0, 0.1) is 11.6 Å². The molecule has 0 saturated carbocycles. The minimum absolute atomic E-state index is 0.00429. The second-order valence-electron chi connectivity index (χ2n) is 8.27. The third-order valence-electron chi connectivity index (χ3n) is 5.77. The van der Waals surface area contributed by atoms with Crippen molar-refractivity contribution in [2.45, 2.75) is 13.3 Å². The lowest BCUT2D eigenvalue weighted by Crippen LogP contribution is -2.18. The Hall–Kier alpha value is -4.18. The van der Waals surface area contributed by atoms with E-state index in [1.807, 2.05) is 30.3 Å². The standard InChI is InChI=1S/C26H20F2N4O3S/c1-2-10-36(34,35)32-21-8-7-20(27)23(24(21)28)25(33)19-14-31-26-18(19)11-17(13-30-26)16-6-5-15-4-3-9-29-22(15)12-16/h3-9,11-14,32H,2,10H2,1H3,(H,30,31). The van der Waals surface area contributed by atoms with E-state index in [2.05, 4.69) is 19.7 Å². The van der Waals surface area contributed by atoms with Crippen LogP contribution in [0.4, 0.5) is 14.5 Å². The number of nitrogens with zero attached hydrogens (tertiary/aromatic N) is 2. The number of benzene rings is 2. The van der Waals surface area contributed by atoms with Gasteiger partial charge in [-0.1, -0.05) is 25.1 Å². The number of fused-ring (bicyclic) bond motifs is 2. The van der Waals surface area contributed by atoms with Gasteiger partial charge >= 0.3 is 0 Å². The van der Waals surface area contributed by atoms with Crippen molar-refractivity contribution >= 4 is 43.4 Å². The van der Waals surface area contributed by atoms with Crippen molar-refractivity contribution < 1.29 is 22.0 Å². The van der Waals surface area contributed by atoms with E-state index in [0.29, 0.717) is 23.0 Å². The predicted octanol–water partition coefficient (Wildman–Crippen LogP) is 5.44. The van der Waals surface area contributed by atoms with Gasteiger partial charge in [-0.05, 0) is 42.3 Å². The third-order valence-corrected chi connectivity index (χ3v) is 7.25. The fourth-order valence-electron chi connectivity index (χ4n) is 4.06. The molecule has 2 N–H and O–H groups in total. The molecule has 0 unspecified atom stereocenters. The number of ketones is 1. The Bertz CT molecular complexity index is 1750. The number of halogens is 2. The highest BCUT2D eigenvalue weighted by atomic mass is 32.2. The van der Waals surface area contributed by atoms with E-state index >= 15 is 4.39 Å². The van der Waals surface area contributed by atoms with Crippen LogP contribution in [-0.4, -0.2) is 34.9 Å². The van der Waals surface area contributed by atoms with E-state index in [0.717, 1.165) is 28.6 Å². The highest BCUT2D eigenvalue weighted by Gasteiger charge is 2.26. The SMILES string of the molecule is CCCS(=O)(=O)Nc1ccc(F)c(C(=O)c2c[nH]c3ncc(-c4ccc5cccnc5c4)cc23)c1F. The van der Waals surface area contributed by atoms with Crippen LogP contribution in [0.5, 0.6) is 0 Å². The maximum Gasteiger partial charge on any atom is 0.232 e. The van der Waals surface area contributed by atoms with E-state index < -0.39 is 38.7 Å². The van der Waals surface area contributed by atoms with E-state index in [9.17, 15) is 17.6 Å². The van der Waals surface area contributed by atoms with Crippen LogP contribution >= 0.6 is 0 Å². The van der Waals surface area contributed by atoms with E-state index in [4.69, 9.17) is 0 Å². The van der Waals surface area contributed by atoms with Crippen molar-refractivity contribution in [2.75, 3.05) is 10.5 Å². The normalized spacial score (nSPS) is 11.8. The van der Waals surface area contributed by atoms with E-state index in [1.54, 1.807) is 25.4 Å². The van der Waals surface area contributed by atoms with Crippen LogP contribution in [-0.2, 0) is 10.0 Å². The summed E-state index contributed by atoms with van der Waals surface area (Å²) in [4.78, 5) is 24.9. The number of sulfonamides is 1. The first-order valence-corrected chi connectivity index (χ1v) is 12.8. The topological polar surface area (TPSA) is 105 Å². The summed E-state index contributed by atoms with van der Waals surface area (Å²) in [5.41, 5.74) is 1.30. The first kappa shape index (κ1) is 23.6. The molecule has 3 heterocycles. The summed E-state index contributed by atoms with van der Waals surface area (Å²) >= 11 is 0. The Balaban J connectivity index is 1.57. The van der Waals surface area contributed by atoms with Gasteiger partial charge in [0.25, 0.3) is 0 Å². The highest BCUT2D eigenvalue weighted by Crippen LogP contribution is 2.30. The number of H-pyrrole nitrogens is 1. The minimum atomic E-state index is -3.85. The van der Waals surface area contributed by atoms with Gasteiger partial charge in [-0.25, -0.2) is 22.2 Å². The first-order valence-electron chi connectivity index (χ1n) is 11.1. The molecule has 0 amide bonds. The average Bonchev–Trinajstić information content (AvgIpc) is 3.29. The van der Waals surface area contributed by atoms with Crippen LogP contribution in [0.3, 0.4) is 0 Å². The molecule has 0 aliphatic rings. The molecule has 10 heteroatoms. The summed E-state index contributed by atoms with van der Waals surface area (Å²) < 4.78 is 56.2. The summed E-state index contributed by atoms with van der Waals surface area (Å²) in [6.07, 6.45) is 4.96. The Kier molecular flexibility index (Phi) is 5.97. The number of rotatable bonds is 7. The van der Waals surface area contributed by atoms with Crippen LogP contribution in [0.2, 0.25) is 0 Å². The number of hydrogen-bond acceptors (Lipinski definition) is 5.